The van der Waals surface area contributed by atoms with Gasteiger partial charge in [0.15, 0.2) is 0 Å². The molecule has 0 N–H and O–H groups in total. The minimum Gasteiger partial charge on any atom is -0.280 e. The van der Waals surface area contributed by atoms with Crippen LogP contribution in [0.2, 0.25) is 0 Å². The summed E-state index contributed by atoms with van der Waals surface area (Å²) in [7, 11) is 0. The van der Waals surface area contributed by atoms with Gasteiger partial charge in [-0.05, 0) is 36.5 Å². The van der Waals surface area contributed by atoms with Crippen LogP contribution in [0.3, 0.4) is 0 Å². The van der Waals surface area contributed by atoms with Crippen molar-refractivity contribution < 1.29 is 19.2 Å². The number of carbonyl (C=O) groups excluding carboxylic acids is 4. The first kappa shape index (κ1) is 19.6. The van der Waals surface area contributed by atoms with Gasteiger partial charge in [0.2, 0.25) is 23.6 Å². The highest BCUT2D eigenvalue weighted by atomic mass is 16.2. The van der Waals surface area contributed by atoms with Crippen LogP contribution in [0.4, 0.5) is 0 Å². The quantitative estimate of drug-likeness (QED) is 0.697. The number of imide groups is 2. The lowest BCUT2D eigenvalue weighted by Crippen LogP contribution is -2.63. The third-order valence-electron chi connectivity index (χ3n) is 9.56. The van der Waals surface area contributed by atoms with Crippen LogP contribution < -0.4 is 0 Å². The number of amides is 4. The van der Waals surface area contributed by atoms with Crippen LogP contribution in [0.25, 0.3) is 0 Å². The molecule has 6 heteroatoms. The highest BCUT2D eigenvalue weighted by Gasteiger charge is 2.66. The summed E-state index contributed by atoms with van der Waals surface area (Å²) in [4.78, 5) is 55.1. The van der Waals surface area contributed by atoms with Crippen molar-refractivity contribution in [3.05, 3.63) is 0 Å². The molecule has 0 aromatic heterocycles. The average Bonchev–Trinajstić information content (AvgIpc) is 2.91. The van der Waals surface area contributed by atoms with Crippen LogP contribution in [-0.4, -0.2) is 46.5 Å². The molecule has 4 atom stereocenters. The van der Waals surface area contributed by atoms with Gasteiger partial charge in [-0.1, -0.05) is 41.5 Å². The van der Waals surface area contributed by atoms with E-state index in [2.05, 4.69) is 0 Å². The molecule has 4 fully saturated rings. The summed E-state index contributed by atoms with van der Waals surface area (Å²) in [6, 6.07) is 0. The predicted molar refractivity (Wildman–Crippen MR) is 103 cm³/mol. The molecule has 0 aromatic rings. The SMILES string of the molecule is CC1(C)[C@H]2CC[C@]1(C)C(=O)N(CCN1C(=O)[C@@H]3CC[C@](C)(C1=O)C3(C)C)C2=O. The summed E-state index contributed by atoms with van der Waals surface area (Å²) in [6.45, 7) is 12.2. The van der Waals surface area contributed by atoms with E-state index in [1.165, 1.54) is 9.80 Å². The Morgan fingerprint density at radius 1 is 0.679 bits per heavy atom. The van der Waals surface area contributed by atoms with Crippen molar-refractivity contribution in [3.63, 3.8) is 0 Å². The number of carbonyl (C=O) groups is 4. The fourth-order valence-corrected chi connectivity index (χ4v) is 6.43. The Balaban J connectivity index is 1.56. The van der Waals surface area contributed by atoms with Crippen LogP contribution >= 0.6 is 0 Å². The maximum Gasteiger partial charge on any atom is 0.235 e. The van der Waals surface area contributed by atoms with Crippen LogP contribution in [0.15, 0.2) is 0 Å². The largest absolute Gasteiger partial charge is 0.280 e. The third kappa shape index (κ3) is 1.99. The molecule has 0 spiro atoms. The van der Waals surface area contributed by atoms with Gasteiger partial charge in [-0.25, -0.2) is 0 Å². The van der Waals surface area contributed by atoms with E-state index in [1.807, 2.05) is 41.5 Å². The van der Waals surface area contributed by atoms with E-state index in [4.69, 9.17) is 0 Å². The van der Waals surface area contributed by atoms with E-state index in [1.54, 1.807) is 0 Å². The summed E-state index contributed by atoms with van der Waals surface area (Å²) < 4.78 is 0. The van der Waals surface area contributed by atoms with E-state index >= 15 is 0 Å². The van der Waals surface area contributed by atoms with Crippen LogP contribution in [0.5, 0.6) is 0 Å². The second-order valence-electron chi connectivity index (χ2n) is 10.9. The molecule has 154 valence electrons. The van der Waals surface area contributed by atoms with E-state index in [-0.39, 0.29) is 59.4 Å². The van der Waals surface area contributed by atoms with E-state index in [0.717, 1.165) is 12.8 Å². The molecule has 0 radical (unpaired) electrons. The lowest BCUT2D eigenvalue weighted by molar-refractivity contribution is -0.173. The van der Waals surface area contributed by atoms with Gasteiger partial charge in [0.25, 0.3) is 0 Å². The summed E-state index contributed by atoms with van der Waals surface area (Å²) in [6.07, 6.45) is 2.87. The molecule has 4 amide bonds. The molecule has 4 bridgehead atoms. The van der Waals surface area contributed by atoms with Crippen molar-refractivity contribution in [1.29, 1.82) is 0 Å². The van der Waals surface area contributed by atoms with Gasteiger partial charge in [-0.15, -0.1) is 0 Å². The maximum atomic E-state index is 13.2. The summed E-state index contributed by atoms with van der Waals surface area (Å²) >= 11 is 0. The zero-order valence-corrected chi connectivity index (χ0v) is 17.9. The molecule has 6 nitrogen and oxygen atoms in total. The van der Waals surface area contributed by atoms with Crippen LogP contribution in [0.1, 0.15) is 67.2 Å². The van der Waals surface area contributed by atoms with E-state index in [9.17, 15) is 19.2 Å². The fraction of sp³-hybridized carbons (Fsp3) is 0.818. The Hall–Kier alpha value is -1.72. The van der Waals surface area contributed by atoms with Gasteiger partial charge in [0.1, 0.15) is 0 Å². The Kier molecular flexibility index (Phi) is 3.81. The number of nitrogens with zero attached hydrogens (tertiary/aromatic N) is 2. The molecular weight excluding hydrogens is 356 g/mol. The van der Waals surface area contributed by atoms with Gasteiger partial charge in [0, 0.05) is 24.9 Å². The van der Waals surface area contributed by atoms with Gasteiger partial charge in [-0.3, -0.25) is 29.0 Å². The van der Waals surface area contributed by atoms with Crippen molar-refractivity contribution in [1.82, 2.24) is 9.80 Å². The Morgan fingerprint density at radius 3 is 1.32 bits per heavy atom. The smallest absolute Gasteiger partial charge is 0.235 e. The Labute approximate surface area is 167 Å². The van der Waals surface area contributed by atoms with Crippen molar-refractivity contribution >= 4 is 23.6 Å². The summed E-state index contributed by atoms with van der Waals surface area (Å²) in [5.74, 6) is -0.927. The highest BCUT2D eigenvalue weighted by molar-refractivity contribution is 6.05. The maximum absolute atomic E-state index is 13.2. The molecule has 4 rings (SSSR count). The topological polar surface area (TPSA) is 74.8 Å². The van der Waals surface area contributed by atoms with Crippen LogP contribution in [0, 0.1) is 33.5 Å². The average molecular weight is 389 g/mol. The predicted octanol–water partition coefficient (Wildman–Crippen LogP) is 2.61. The molecule has 0 aromatic carbocycles. The van der Waals surface area contributed by atoms with Crippen molar-refractivity contribution in [2.45, 2.75) is 67.2 Å². The first-order valence-corrected chi connectivity index (χ1v) is 10.5. The van der Waals surface area contributed by atoms with Crippen molar-refractivity contribution in [2.75, 3.05) is 13.1 Å². The molecule has 2 aliphatic heterocycles. The van der Waals surface area contributed by atoms with E-state index in [0.29, 0.717) is 12.8 Å². The van der Waals surface area contributed by atoms with Crippen LogP contribution in [-0.2, 0) is 19.2 Å². The first-order valence-electron chi connectivity index (χ1n) is 10.5. The second kappa shape index (κ2) is 5.45. The first-order chi connectivity index (χ1) is 12.8. The fourth-order valence-electron chi connectivity index (χ4n) is 6.43. The van der Waals surface area contributed by atoms with Gasteiger partial charge >= 0.3 is 0 Å². The zero-order chi connectivity index (χ0) is 20.9. The number of likely N-dealkylation sites (tertiary alicyclic amines) is 2. The minimum atomic E-state index is -0.561. The van der Waals surface area contributed by atoms with E-state index < -0.39 is 10.8 Å². The number of hydrogen-bond donors (Lipinski definition) is 0. The monoisotopic (exact) mass is 388 g/mol. The third-order valence-corrected chi connectivity index (χ3v) is 9.56. The highest BCUT2D eigenvalue weighted by Crippen LogP contribution is 2.61. The Bertz CT molecular complexity index is 734. The molecule has 28 heavy (non-hydrogen) atoms. The summed E-state index contributed by atoms with van der Waals surface area (Å²) in [5.41, 5.74) is -1.83. The van der Waals surface area contributed by atoms with Crippen molar-refractivity contribution in [2.24, 2.45) is 33.5 Å². The summed E-state index contributed by atoms with van der Waals surface area (Å²) in [5, 5.41) is 0. The zero-order valence-electron chi connectivity index (χ0n) is 17.9. The molecule has 2 aliphatic carbocycles. The molecule has 2 heterocycles. The standard InChI is InChI=1S/C22H32N2O4/c1-19(2)13-7-9-21(19,5)17(27)23(15(13)25)11-12-24-16(26)14-8-10-22(6,18(24)28)20(14,3)4/h13-14H,7-12H2,1-6H3/t13-,14-,21+,22+/m0/s1. The lowest BCUT2D eigenvalue weighted by Gasteiger charge is -2.49. The number of hydrogen-bond acceptors (Lipinski definition) is 4. The van der Waals surface area contributed by atoms with Gasteiger partial charge in [-0.2, -0.15) is 0 Å². The number of rotatable bonds is 3. The van der Waals surface area contributed by atoms with Crippen molar-refractivity contribution in [3.8, 4) is 0 Å². The Morgan fingerprint density at radius 2 is 1.00 bits per heavy atom. The molecule has 4 aliphatic rings. The molecular formula is C22H32N2O4. The molecule has 2 saturated heterocycles. The number of fused-ring (bicyclic) bond motifs is 4. The molecule has 2 saturated carbocycles. The number of piperidine rings is 2. The van der Waals surface area contributed by atoms with Gasteiger partial charge < -0.3 is 0 Å². The molecule has 0 unspecified atom stereocenters. The minimum absolute atomic E-state index is 0.112. The van der Waals surface area contributed by atoms with Gasteiger partial charge in [0.05, 0.1) is 10.8 Å². The second-order valence-corrected chi connectivity index (χ2v) is 10.9. The normalized spacial score (nSPS) is 41.2. The lowest BCUT2D eigenvalue weighted by atomic mass is 9.62.